The van der Waals surface area contributed by atoms with Crippen LogP contribution in [0, 0.1) is 25.5 Å². The Kier molecular flexibility index (Phi) is 6.65. The Bertz CT molecular complexity index is 805. The molecular formula is C22H28F2N2O2. The maximum absolute atomic E-state index is 13.5. The van der Waals surface area contributed by atoms with Crippen LogP contribution in [0.4, 0.5) is 8.78 Å². The van der Waals surface area contributed by atoms with Crippen molar-refractivity contribution in [3.63, 3.8) is 0 Å². The van der Waals surface area contributed by atoms with Gasteiger partial charge >= 0.3 is 0 Å². The summed E-state index contributed by atoms with van der Waals surface area (Å²) in [6, 6.07) is 8.19. The van der Waals surface area contributed by atoms with E-state index in [9.17, 15) is 19.0 Å². The molecule has 0 aromatic heterocycles. The molecule has 0 aliphatic carbocycles. The van der Waals surface area contributed by atoms with Gasteiger partial charge in [0.1, 0.15) is 5.75 Å². The summed E-state index contributed by atoms with van der Waals surface area (Å²) in [7, 11) is 0. The van der Waals surface area contributed by atoms with E-state index in [1.807, 2.05) is 26.0 Å². The molecule has 0 unspecified atom stereocenters. The van der Waals surface area contributed by atoms with Crippen molar-refractivity contribution in [2.24, 2.45) is 0 Å². The second-order valence-electron chi connectivity index (χ2n) is 7.70. The van der Waals surface area contributed by atoms with Gasteiger partial charge in [-0.3, -0.25) is 9.80 Å². The molecule has 1 aliphatic heterocycles. The third kappa shape index (κ3) is 4.87. The van der Waals surface area contributed by atoms with Gasteiger partial charge in [-0.1, -0.05) is 18.2 Å². The van der Waals surface area contributed by atoms with Crippen LogP contribution in [0.1, 0.15) is 28.7 Å². The largest absolute Gasteiger partial charge is 0.507 e. The lowest BCUT2D eigenvalue weighted by atomic mass is 10.0. The predicted octanol–water partition coefficient (Wildman–Crippen LogP) is 3.36. The van der Waals surface area contributed by atoms with Crippen LogP contribution < -0.4 is 0 Å². The molecule has 2 aromatic carbocycles. The smallest absolute Gasteiger partial charge is 0.159 e. The summed E-state index contributed by atoms with van der Waals surface area (Å²) < 4.78 is 26.7. The van der Waals surface area contributed by atoms with Gasteiger partial charge in [0.25, 0.3) is 0 Å². The fourth-order valence-corrected chi connectivity index (χ4v) is 4.00. The molecule has 0 amide bonds. The Morgan fingerprint density at radius 2 is 1.68 bits per heavy atom. The number of hydrogen-bond acceptors (Lipinski definition) is 4. The first-order valence-corrected chi connectivity index (χ1v) is 9.67. The number of hydrogen-bond donors (Lipinski definition) is 2. The van der Waals surface area contributed by atoms with E-state index in [4.69, 9.17) is 0 Å². The maximum Gasteiger partial charge on any atom is 0.159 e. The normalized spacial score (nSPS) is 18.5. The number of halogens is 2. The van der Waals surface area contributed by atoms with Gasteiger partial charge in [-0.2, -0.15) is 0 Å². The predicted molar refractivity (Wildman–Crippen MR) is 105 cm³/mol. The number of nitrogens with zero attached hydrogens (tertiary/aromatic N) is 2. The van der Waals surface area contributed by atoms with Crippen molar-refractivity contribution in [3.8, 4) is 5.75 Å². The van der Waals surface area contributed by atoms with Gasteiger partial charge < -0.3 is 10.2 Å². The molecule has 2 aromatic rings. The van der Waals surface area contributed by atoms with Crippen LogP contribution in [0.3, 0.4) is 0 Å². The summed E-state index contributed by atoms with van der Waals surface area (Å²) in [6.45, 7) is 7.65. The fraction of sp³-hybridized carbons (Fsp3) is 0.455. The molecule has 0 radical (unpaired) electrons. The molecule has 4 nitrogen and oxygen atoms in total. The highest BCUT2D eigenvalue weighted by atomic mass is 19.2. The third-order valence-electron chi connectivity index (χ3n) is 5.48. The van der Waals surface area contributed by atoms with Gasteiger partial charge in [0.15, 0.2) is 11.6 Å². The van der Waals surface area contributed by atoms with Crippen molar-refractivity contribution in [2.45, 2.75) is 39.4 Å². The number of phenolic OH excluding ortho intramolecular Hbond substituents is 1. The molecule has 0 bridgehead atoms. The number of phenols is 1. The number of rotatable bonds is 6. The summed E-state index contributed by atoms with van der Waals surface area (Å²) in [4.78, 5) is 4.57. The van der Waals surface area contributed by atoms with Gasteiger partial charge in [0.05, 0.1) is 0 Å². The second kappa shape index (κ2) is 8.99. The Hall–Kier alpha value is -2.02. The Balaban J connectivity index is 1.67. The first-order chi connectivity index (χ1) is 13.4. The topological polar surface area (TPSA) is 46.9 Å². The lowest BCUT2D eigenvalue weighted by molar-refractivity contribution is 0.0499. The van der Waals surface area contributed by atoms with E-state index in [2.05, 4.69) is 9.80 Å². The van der Waals surface area contributed by atoms with Crippen molar-refractivity contribution < 1.29 is 19.0 Å². The van der Waals surface area contributed by atoms with E-state index in [1.54, 1.807) is 6.07 Å². The fourth-order valence-electron chi connectivity index (χ4n) is 4.00. The van der Waals surface area contributed by atoms with Crippen LogP contribution in [0.25, 0.3) is 0 Å². The summed E-state index contributed by atoms with van der Waals surface area (Å²) in [5, 5.41) is 19.4. The first-order valence-electron chi connectivity index (χ1n) is 9.67. The lowest BCUT2D eigenvalue weighted by Crippen LogP contribution is -2.52. The Labute approximate surface area is 165 Å². The zero-order valence-electron chi connectivity index (χ0n) is 16.5. The van der Waals surface area contributed by atoms with E-state index in [0.717, 1.165) is 54.5 Å². The molecule has 2 N–H and O–H groups in total. The number of aromatic hydroxyl groups is 1. The molecule has 1 atom stereocenters. The molecule has 152 valence electrons. The number of benzene rings is 2. The molecule has 6 heteroatoms. The van der Waals surface area contributed by atoms with Crippen LogP contribution in [0.15, 0.2) is 30.3 Å². The van der Waals surface area contributed by atoms with Crippen molar-refractivity contribution in [3.05, 3.63) is 64.2 Å². The molecule has 3 rings (SSSR count). The molecule has 0 saturated carbocycles. The van der Waals surface area contributed by atoms with Crippen LogP contribution >= 0.6 is 0 Å². The minimum absolute atomic E-state index is 0.0875. The number of aryl methyl sites for hydroxylation is 2. The van der Waals surface area contributed by atoms with Crippen LogP contribution in [0.2, 0.25) is 0 Å². The highest BCUT2D eigenvalue weighted by molar-refractivity contribution is 5.42. The zero-order chi connectivity index (χ0) is 20.3. The summed E-state index contributed by atoms with van der Waals surface area (Å²) >= 11 is 0. The number of piperazine rings is 1. The van der Waals surface area contributed by atoms with Gasteiger partial charge in [0.2, 0.25) is 0 Å². The van der Waals surface area contributed by atoms with E-state index in [1.165, 1.54) is 6.07 Å². The number of aliphatic hydroxyl groups is 1. The third-order valence-corrected chi connectivity index (χ3v) is 5.48. The lowest BCUT2D eigenvalue weighted by Gasteiger charge is -2.41. The molecule has 1 fully saturated rings. The Morgan fingerprint density at radius 3 is 2.32 bits per heavy atom. The average molecular weight is 390 g/mol. The van der Waals surface area contributed by atoms with Gasteiger partial charge in [-0.15, -0.1) is 0 Å². The van der Waals surface area contributed by atoms with Crippen LogP contribution in [-0.4, -0.2) is 52.3 Å². The Morgan fingerprint density at radius 1 is 0.964 bits per heavy atom. The summed E-state index contributed by atoms with van der Waals surface area (Å²) in [6.07, 6.45) is 0.633. The quantitative estimate of drug-likeness (QED) is 0.794. The van der Waals surface area contributed by atoms with E-state index in [0.29, 0.717) is 18.7 Å². The standard InChI is InChI=1S/C22H28F2N2O2/c1-15-9-18(10-16(2)22(15)28)12-25-6-7-26(19(14-25)5-8-27)13-17-3-4-20(23)21(24)11-17/h3-4,9-11,19,27-28H,5-8,12-14H2,1-2H3/t19-/m1/s1. The maximum atomic E-state index is 13.5. The number of aliphatic hydroxyl groups excluding tert-OH is 1. The van der Waals surface area contributed by atoms with Crippen molar-refractivity contribution in [1.82, 2.24) is 9.80 Å². The van der Waals surface area contributed by atoms with Crippen LogP contribution in [0.5, 0.6) is 5.75 Å². The van der Waals surface area contributed by atoms with Gasteiger partial charge in [-0.25, -0.2) is 8.78 Å². The zero-order valence-corrected chi connectivity index (χ0v) is 16.5. The van der Waals surface area contributed by atoms with Crippen molar-refractivity contribution in [1.29, 1.82) is 0 Å². The van der Waals surface area contributed by atoms with Gasteiger partial charge in [0, 0.05) is 45.4 Å². The van der Waals surface area contributed by atoms with E-state index < -0.39 is 11.6 Å². The molecule has 1 saturated heterocycles. The van der Waals surface area contributed by atoms with Gasteiger partial charge in [-0.05, 0) is 54.7 Å². The molecular weight excluding hydrogens is 362 g/mol. The SMILES string of the molecule is Cc1cc(CN2CCN(Cc3ccc(F)c(F)c3)[C@H](CCO)C2)cc(C)c1O. The summed E-state index contributed by atoms with van der Waals surface area (Å²) in [5.41, 5.74) is 3.64. The van der Waals surface area contributed by atoms with Crippen LogP contribution in [-0.2, 0) is 13.1 Å². The van der Waals surface area contributed by atoms with E-state index >= 15 is 0 Å². The first kappa shape index (κ1) is 20.7. The van der Waals surface area contributed by atoms with Crippen molar-refractivity contribution >= 4 is 0 Å². The monoisotopic (exact) mass is 390 g/mol. The molecule has 1 heterocycles. The minimum Gasteiger partial charge on any atom is -0.507 e. The minimum atomic E-state index is -0.833. The highest BCUT2D eigenvalue weighted by Gasteiger charge is 2.27. The highest BCUT2D eigenvalue weighted by Crippen LogP contribution is 2.25. The van der Waals surface area contributed by atoms with E-state index in [-0.39, 0.29) is 12.6 Å². The average Bonchev–Trinajstić information content (AvgIpc) is 2.65. The molecule has 0 spiro atoms. The molecule has 1 aliphatic rings. The summed E-state index contributed by atoms with van der Waals surface area (Å²) in [5.74, 6) is -1.31. The molecule has 28 heavy (non-hydrogen) atoms. The second-order valence-corrected chi connectivity index (χ2v) is 7.70. The van der Waals surface area contributed by atoms with Crippen molar-refractivity contribution in [2.75, 3.05) is 26.2 Å².